The second kappa shape index (κ2) is 5.74. The van der Waals surface area contributed by atoms with Crippen molar-refractivity contribution in [3.8, 4) is 17.4 Å². The van der Waals surface area contributed by atoms with Crippen molar-refractivity contribution in [1.29, 1.82) is 0 Å². The Morgan fingerprint density at radius 1 is 0.667 bits per heavy atom. The first kappa shape index (κ1) is 15.8. The molecule has 0 saturated heterocycles. The fraction of sp³-hybridized carbons (Fsp3) is 0.0385. The van der Waals surface area contributed by atoms with E-state index in [2.05, 4.69) is 86.9 Å². The number of hydrogen-bond donors (Lipinski definition) is 0. The Labute approximate surface area is 172 Å². The average Bonchev–Trinajstić information content (AvgIpc) is 3.35. The number of ether oxygens (including phenoxy) is 1. The first-order valence-corrected chi connectivity index (χ1v) is 10.1. The summed E-state index contributed by atoms with van der Waals surface area (Å²) in [7, 11) is 0. The smallest absolute Gasteiger partial charge is 0.302 e. The number of benzene rings is 4. The molecule has 6 aromatic rings. The predicted molar refractivity (Wildman–Crippen MR) is 120 cm³/mol. The van der Waals surface area contributed by atoms with Crippen molar-refractivity contribution >= 4 is 32.8 Å². The number of rotatable bonds is 1. The third-order valence-corrected chi connectivity index (χ3v) is 6.03. The molecule has 4 heteroatoms. The molecule has 2 aromatic heterocycles. The lowest BCUT2D eigenvalue weighted by molar-refractivity contribution is 0.265. The van der Waals surface area contributed by atoms with E-state index in [-0.39, 0.29) is 0 Å². The highest BCUT2D eigenvalue weighted by Crippen LogP contribution is 2.36. The maximum atomic E-state index is 6.02. The van der Waals surface area contributed by atoms with Crippen molar-refractivity contribution in [2.24, 2.45) is 0 Å². The van der Waals surface area contributed by atoms with Gasteiger partial charge in [-0.05, 0) is 42.5 Å². The summed E-state index contributed by atoms with van der Waals surface area (Å²) in [6.45, 7) is 0.517. The van der Waals surface area contributed by atoms with Gasteiger partial charge < -0.3 is 9.30 Å². The lowest BCUT2D eigenvalue weighted by Gasteiger charge is -2.21. The minimum absolute atomic E-state index is 0.517. The van der Waals surface area contributed by atoms with Crippen LogP contribution in [0, 0.1) is 0 Å². The molecule has 4 nitrogen and oxygen atoms in total. The fourth-order valence-electron chi connectivity index (χ4n) is 4.72. The van der Waals surface area contributed by atoms with E-state index in [1.807, 2.05) is 18.2 Å². The number of aromatic nitrogens is 3. The molecular formula is C26H17N3O. The Hall–Kier alpha value is -4.05. The third kappa shape index (κ3) is 2.02. The van der Waals surface area contributed by atoms with Crippen LogP contribution in [0.3, 0.4) is 0 Å². The van der Waals surface area contributed by atoms with E-state index >= 15 is 0 Å². The molecular weight excluding hydrogens is 370 g/mol. The largest absolute Gasteiger partial charge is 0.459 e. The number of nitrogens with zero attached hydrogens (tertiary/aromatic N) is 3. The quantitative estimate of drug-likeness (QED) is 0.346. The van der Waals surface area contributed by atoms with E-state index in [1.165, 1.54) is 21.8 Å². The van der Waals surface area contributed by atoms with Gasteiger partial charge in [0.15, 0.2) is 0 Å². The summed E-state index contributed by atoms with van der Waals surface area (Å²) in [5, 5.41) is 2.54. The van der Waals surface area contributed by atoms with Crippen LogP contribution in [0.5, 0.6) is 6.01 Å². The SMILES string of the molecule is c1ccc2c(c1)nc1n2-c2ccc(-n3c4ccccc4c4ccccc43)cc2CO1. The van der Waals surface area contributed by atoms with Crippen LogP contribution in [0.4, 0.5) is 0 Å². The van der Waals surface area contributed by atoms with E-state index in [1.54, 1.807) is 0 Å². The summed E-state index contributed by atoms with van der Waals surface area (Å²) in [6.07, 6.45) is 0. The van der Waals surface area contributed by atoms with Gasteiger partial charge in [0.25, 0.3) is 0 Å². The lowest BCUT2D eigenvalue weighted by Crippen LogP contribution is -2.13. The second-order valence-corrected chi connectivity index (χ2v) is 7.69. The number of para-hydroxylation sites is 4. The third-order valence-electron chi connectivity index (χ3n) is 6.03. The molecule has 30 heavy (non-hydrogen) atoms. The van der Waals surface area contributed by atoms with Crippen molar-refractivity contribution in [3.63, 3.8) is 0 Å². The van der Waals surface area contributed by atoms with Gasteiger partial charge in [0, 0.05) is 22.0 Å². The topological polar surface area (TPSA) is 32.0 Å². The van der Waals surface area contributed by atoms with E-state index in [4.69, 9.17) is 4.74 Å². The van der Waals surface area contributed by atoms with Crippen LogP contribution < -0.4 is 4.74 Å². The van der Waals surface area contributed by atoms with Gasteiger partial charge in [0.2, 0.25) is 0 Å². The zero-order valence-corrected chi connectivity index (χ0v) is 16.1. The van der Waals surface area contributed by atoms with Crippen molar-refractivity contribution in [2.75, 3.05) is 0 Å². The Morgan fingerprint density at radius 2 is 1.33 bits per heavy atom. The minimum Gasteiger partial charge on any atom is -0.459 e. The highest BCUT2D eigenvalue weighted by molar-refractivity contribution is 6.09. The van der Waals surface area contributed by atoms with Gasteiger partial charge in [0.05, 0.1) is 27.8 Å². The van der Waals surface area contributed by atoms with E-state index in [0.717, 1.165) is 28.0 Å². The maximum absolute atomic E-state index is 6.02. The first-order chi connectivity index (χ1) is 14.9. The van der Waals surface area contributed by atoms with Gasteiger partial charge in [-0.15, -0.1) is 0 Å². The standard InChI is InChI=1S/C26H17N3O/c1-4-10-23-19(7-1)20-8-2-5-11-24(20)28(23)18-13-14-22-17(15-18)16-30-26-27-21-9-3-6-12-25(21)29(22)26/h1-15H,16H2. The molecule has 1 aliphatic heterocycles. The van der Waals surface area contributed by atoms with Crippen LogP contribution in [0.25, 0.3) is 44.2 Å². The van der Waals surface area contributed by atoms with Gasteiger partial charge >= 0.3 is 6.01 Å². The van der Waals surface area contributed by atoms with Gasteiger partial charge in [-0.2, -0.15) is 4.98 Å². The molecule has 0 atom stereocenters. The molecule has 1 aliphatic rings. The predicted octanol–water partition coefficient (Wildman–Crippen LogP) is 6.02. The van der Waals surface area contributed by atoms with Crippen LogP contribution in [0.2, 0.25) is 0 Å². The molecule has 0 radical (unpaired) electrons. The highest BCUT2D eigenvalue weighted by Gasteiger charge is 2.22. The number of imidazole rings is 1. The zero-order valence-electron chi connectivity index (χ0n) is 16.1. The molecule has 0 bridgehead atoms. The Kier molecular flexibility index (Phi) is 3.03. The molecule has 0 N–H and O–H groups in total. The summed E-state index contributed by atoms with van der Waals surface area (Å²) >= 11 is 0. The van der Waals surface area contributed by atoms with Crippen molar-refractivity contribution in [1.82, 2.24) is 14.1 Å². The van der Waals surface area contributed by atoms with Crippen LogP contribution in [-0.2, 0) is 6.61 Å². The minimum atomic E-state index is 0.517. The van der Waals surface area contributed by atoms with E-state index in [0.29, 0.717) is 12.6 Å². The fourth-order valence-corrected chi connectivity index (χ4v) is 4.72. The Morgan fingerprint density at radius 3 is 2.10 bits per heavy atom. The van der Waals surface area contributed by atoms with Crippen LogP contribution in [-0.4, -0.2) is 14.1 Å². The molecule has 3 heterocycles. The molecule has 0 spiro atoms. The summed E-state index contributed by atoms with van der Waals surface area (Å²) in [5.41, 5.74) is 7.88. The second-order valence-electron chi connectivity index (χ2n) is 7.69. The molecule has 0 amide bonds. The molecule has 7 rings (SSSR count). The Bertz CT molecular complexity index is 1550. The monoisotopic (exact) mass is 387 g/mol. The van der Waals surface area contributed by atoms with Crippen LogP contribution in [0.1, 0.15) is 5.56 Å². The summed E-state index contributed by atoms with van der Waals surface area (Å²) in [5.74, 6) is 0. The average molecular weight is 387 g/mol. The molecule has 0 fully saturated rings. The highest BCUT2D eigenvalue weighted by atomic mass is 16.5. The maximum Gasteiger partial charge on any atom is 0.302 e. The normalized spacial score (nSPS) is 12.8. The van der Waals surface area contributed by atoms with Gasteiger partial charge in [-0.1, -0.05) is 48.5 Å². The van der Waals surface area contributed by atoms with Gasteiger partial charge in [0.1, 0.15) is 6.61 Å². The zero-order chi connectivity index (χ0) is 19.7. The van der Waals surface area contributed by atoms with Crippen molar-refractivity contribution < 1.29 is 4.74 Å². The van der Waals surface area contributed by atoms with Gasteiger partial charge in [-0.3, -0.25) is 4.57 Å². The molecule has 0 unspecified atom stereocenters. The molecule has 0 aliphatic carbocycles. The Balaban J connectivity index is 1.50. The first-order valence-electron chi connectivity index (χ1n) is 10.1. The van der Waals surface area contributed by atoms with E-state index in [9.17, 15) is 0 Å². The van der Waals surface area contributed by atoms with Crippen molar-refractivity contribution in [2.45, 2.75) is 6.61 Å². The van der Waals surface area contributed by atoms with Crippen LogP contribution >= 0.6 is 0 Å². The summed E-state index contributed by atoms with van der Waals surface area (Å²) in [6, 6.07) is 32.6. The lowest BCUT2D eigenvalue weighted by atomic mass is 10.1. The van der Waals surface area contributed by atoms with Crippen molar-refractivity contribution in [3.05, 3.63) is 96.6 Å². The summed E-state index contributed by atoms with van der Waals surface area (Å²) < 4.78 is 10.5. The number of fused-ring (bicyclic) bond motifs is 8. The molecule has 142 valence electrons. The van der Waals surface area contributed by atoms with Gasteiger partial charge in [-0.25, -0.2) is 0 Å². The van der Waals surface area contributed by atoms with E-state index < -0.39 is 0 Å². The summed E-state index contributed by atoms with van der Waals surface area (Å²) in [4.78, 5) is 4.64. The molecule has 0 saturated carbocycles. The molecule has 4 aromatic carbocycles. The number of hydrogen-bond acceptors (Lipinski definition) is 2. The van der Waals surface area contributed by atoms with Crippen LogP contribution in [0.15, 0.2) is 91.0 Å².